The fourth-order valence-corrected chi connectivity index (χ4v) is 3.74. The lowest BCUT2D eigenvalue weighted by atomic mass is 9.84. The highest BCUT2D eigenvalue weighted by Gasteiger charge is 2.17. The maximum absolute atomic E-state index is 12.4. The lowest BCUT2D eigenvalue weighted by molar-refractivity contribution is -0.119. The molecule has 0 aromatic heterocycles. The minimum absolute atomic E-state index is 0.198. The molecule has 1 saturated carbocycles. The standard InChI is InChI=1S/C24H27NO6/c1-29-22-13-19(11-12-21(22)30-15-23(25)27)24(28)31-14-20(26)18-9-7-17(8-10-18)16-5-3-2-4-6-16/h7-13,16H,2-6,14-15H2,1H3,(H2,25,27). The van der Waals surface area contributed by atoms with E-state index >= 15 is 0 Å². The minimum atomic E-state index is -0.660. The summed E-state index contributed by atoms with van der Waals surface area (Å²) in [6, 6.07) is 12.0. The Morgan fingerprint density at radius 2 is 1.58 bits per heavy atom. The van der Waals surface area contributed by atoms with E-state index in [9.17, 15) is 14.4 Å². The topological polar surface area (TPSA) is 105 Å². The first-order valence-electron chi connectivity index (χ1n) is 10.4. The molecule has 0 bridgehead atoms. The third-order valence-corrected chi connectivity index (χ3v) is 5.41. The molecule has 2 aromatic rings. The molecule has 1 aliphatic rings. The van der Waals surface area contributed by atoms with Gasteiger partial charge in [0, 0.05) is 5.56 Å². The van der Waals surface area contributed by atoms with Crippen molar-refractivity contribution in [2.45, 2.75) is 38.0 Å². The van der Waals surface area contributed by atoms with Gasteiger partial charge in [0.25, 0.3) is 5.91 Å². The number of primary amides is 1. The number of carbonyl (C=O) groups excluding carboxylic acids is 3. The predicted molar refractivity (Wildman–Crippen MR) is 115 cm³/mol. The second-order valence-electron chi connectivity index (χ2n) is 7.58. The quantitative estimate of drug-likeness (QED) is 0.486. The molecule has 0 spiro atoms. The first kappa shape index (κ1) is 22.3. The van der Waals surface area contributed by atoms with Crippen molar-refractivity contribution in [2.75, 3.05) is 20.3 Å². The maximum Gasteiger partial charge on any atom is 0.338 e. The Labute approximate surface area is 181 Å². The minimum Gasteiger partial charge on any atom is -0.493 e. The van der Waals surface area contributed by atoms with Gasteiger partial charge in [0.2, 0.25) is 0 Å². The van der Waals surface area contributed by atoms with Crippen LogP contribution in [-0.2, 0) is 9.53 Å². The Hall–Kier alpha value is -3.35. The number of ether oxygens (including phenoxy) is 3. The zero-order valence-electron chi connectivity index (χ0n) is 17.6. The average molecular weight is 425 g/mol. The SMILES string of the molecule is COc1cc(C(=O)OCC(=O)c2ccc(C3CCCCC3)cc2)ccc1OCC(N)=O. The number of amides is 1. The lowest BCUT2D eigenvalue weighted by Gasteiger charge is -2.22. The van der Waals surface area contributed by atoms with Crippen molar-refractivity contribution in [1.82, 2.24) is 0 Å². The van der Waals surface area contributed by atoms with E-state index in [1.807, 2.05) is 12.1 Å². The van der Waals surface area contributed by atoms with E-state index in [-0.39, 0.29) is 36.1 Å². The Balaban J connectivity index is 1.57. The van der Waals surface area contributed by atoms with Gasteiger partial charge in [0.15, 0.2) is 30.5 Å². The number of Topliss-reactive ketones (excluding diaryl/α,β-unsaturated/α-hetero) is 1. The molecule has 2 N–H and O–H groups in total. The highest BCUT2D eigenvalue weighted by molar-refractivity contribution is 5.99. The Morgan fingerprint density at radius 1 is 0.903 bits per heavy atom. The van der Waals surface area contributed by atoms with Gasteiger partial charge in [-0.15, -0.1) is 0 Å². The summed E-state index contributed by atoms with van der Waals surface area (Å²) in [6.45, 7) is -0.669. The van der Waals surface area contributed by atoms with Crippen molar-refractivity contribution < 1.29 is 28.6 Å². The van der Waals surface area contributed by atoms with Gasteiger partial charge in [-0.3, -0.25) is 9.59 Å². The van der Waals surface area contributed by atoms with Crippen LogP contribution in [0.25, 0.3) is 0 Å². The summed E-state index contributed by atoms with van der Waals surface area (Å²) in [5.41, 5.74) is 7.04. The Kier molecular flexibility index (Phi) is 7.65. The fraction of sp³-hybridized carbons (Fsp3) is 0.375. The van der Waals surface area contributed by atoms with E-state index in [0.29, 0.717) is 11.5 Å². The van der Waals surface area contributed by atoms with Crippen LogP contribution in [0.5, 0.6) is 11.5 Å². The third kappa shape index (κ3) is 6.07. The van der Waals surface area contributed by atoms with Crippen molar-refractivity contribution in [3.8, 4) is 11.5 Å². The number of hydrogen-bond donors (Lipinski definition) is 1. The number of benzene rings is 2. The smallest absolute Gasteiger partial charge is 0.338 e. The molecule has 0 aliphatic heterocycles. The van der Waals surface area contributed by atoms with Gasteiger partial charge in [0.05, 0.1) is 12.7 Å². The van der Waals surface area contributed by atoms with E-state index in [0.717, 1.165) is 0 Å². The van der Waals surface area contributed by atoms with Crippen LogP contribution in [0.15, 0.2) is 42.5 Å². The molecule has 1 fully saturated rings. The number of hydrogen-bond acceptors (Lipinski definition) is 6. The molecule has 0 unspecified atom stereocenters. The van der Waals surface area contributed by atoms with Crippen LogP contribution in [0.2, 0.25) is 0 Å². The van der Waals surface area contributed by atoms with E-state index < -0.39 is 11.9 Å². The van der Waals surface area contributed by atoms with E-state index in [4.69, 9.17) is 19.9 Å². The zero-order chi connectivity index (χ0) is 22.2. The normalized spacial score (nSPS) is 14.0. The molecule has 31 heavy (non-hydrogen) atoms. The van der Waals surface area contributed by atoms with Crippen LogP contribution in [-0.4, -0.2) is 38.0 Å². The molecular weight excluding hydrogens is 398 g/mol. The van der Waals surface area contributed by atoms with E-state index in [1.165, 1.54) is 63.0 Å². The molecule has 164 valence electrons. The van der Waals surface area contributed by atoms with Crippen LogP contribution in [0.3, 0.4) is 0 Å². The first-order valence-corrected chi connectivity index (χ1v) is 10.4. The van der Waals surface area contributed by atoms with Crippen LogP contribution in [0.4, 0.5) is 0 Å². The summed E-state index contributed by atoms with van der Waals surface area (Å²) in [5.74, 6) is -0.465. The molecule has 0 atom stereocenters. The highest BCUT2D eigenvalue weighted by atomic mass is 16.5. The predicted octanol–water partition coefficient (Wildman–Crippen LogP) is 3.65. The van der Waals surface area contributed by atoms with Crippen LogP contribution >= 0.6 is 0 Å². The molecule has 0 heterocycles. The molecule has 2 aromatic carbocycles. The summed E-state index contributed by atoms with van der Waals surface area (Å²) in [4.78, 5) is 35.6. The summed E-state index contributed by atoms with van der Waals surface area (Å²) in [6.07, 6.45) is 6.20. The zero-order valence-corrected chi connectivity index (χ0v) is 17.6. The third-order valence-electron chi connectivity index (χ3n) is 5.41. The first-order chi connectivity index (χ1) is 15.0. The second-order valence-corrected chi connectivity index (χ2v) is 7.58. The van der Waals surface area contributed by atoms with Crippen LogP contribution < -0.4 is 15.2 Å². The van der Waals surface area contributed by atoms with E-state index in [1.54, 1.807) is 12.1 Å². The number of rotatable bonds is 9. The van der Waals surface area contributed by atoms with Gasteiger partial charge in [-0.05, 0) is 42.5 Å². The average Bonchev–Trinajstić information content (AvgIpc) is 2.81. The van der Waals surface area contributed by atoms with Gasteiger partial charge in [0.1, 0.15) is 0 Å². The molecule has 7 nitrogen and oxygen atoms in total. The van der Waals surface area contributed by atoms with Gasteiger partial charge in [-0.1, -0.05) is 43.5 Å². The Bertz CT molecular complexity index is 932. The molecular formula is C24H27NO6. The van der Waals surface area contributed by atoms with E-state index in [2.05, 4.69) is 0 Å². The van der Waals surface area contributed by atoms with Crippen molar-refractivity contribution in [1.29, 1.82) is 0 Å². The fourth-order valence-electron chi connectivity index (χ4n) is 3.74. The summed E-state index contributed by atoms with van der Waals surface area (Å²) in [5, 5.41) is 0. The second kappa shape index (κ2) is 10.6. The summed E-state index contributed by atoms with van der Waals surface area (Å²) < 4.78 is 15.6. The van der Waals surface area contributed by atoms with Gasteiger partial charge in [-0.25, -0.2) is 4.79 Å². The molecule has 3 rings (SSSR count). The largest absolute Gasteiger partial charge is 0.493 e. The van der Waals surface area contributed by atoms with Gasteiger partial charge >= 0.3 is 5.97 Å². The number of esters is 1. The number of carbonyl (C=O) groups is 3. The number of nitrogens with two attached hydrogens (primary N) is 1. The monoisotopic (exact) mass is 425 g/mol. The maximum atomic E-state index is 12.4. The van der Waals surface area contributed by atoms with Crippen molar-refractivity contribution in [2.24, 2.45) is 5.73 Å². The number of methoxy groups -OCH3 is 1. The molecule has 0 radical (unpaired) electrons. The number of ketones is 1. The Morgan fingerprint density at radius 3 is 2.23 bits per heavy atom. The molecule has 1 aliphatic carbocycles. The highest BCUT2D eigenvalue weighted by Crippen LogP contribution is 2.32. The molecule has 0 saturated heterocycles. The molecule has 7 heteroatoms. The van der Waals surface area contributed by atoms with Crippen molar-refractivity contribution in [3.05, 3.63) is 59.2 Å². The summed E-state index contributed by atoms with van der Waals surface area (Å²) in [7, 11) is 1.40. The molecule has 1 amide bonds. The van der Waals surface area contributed by atoms with Crippen molar-refractivity contribution in [3.63, 3.8) is 0 Å². The van der Waals surface area contributed by atoms with Gasteiger partial charge < -0.3 is 19.9 Å². The van der Waals surface area contributed by atoms with Crippen molar-refractivity contribution >= 4 is 17.7 Å². The summed E-state index contributed by atoms with van der Waals surface area (Å²) >= 11 is 0. The lowest BCUT2D eigenvalue weighted by Crippen LogP contribution is -2.20. The van der Waals surface area contributed by atoms with Gasteiger partial charge in [-0.2, -0.15) is 0 Å². The van der Waals surface area contributed by atoms with Crippen LogP contribution in [0.1, 0.15) is 64.3 Å². The van der Waals surface area contributed by atoms with Crippen LogP contribution in [0, 0.1) is 0 Å².